The number of nitrogens with two attached hydrogens (primary N) is 1. The molecule has 0 fully saturated rings. The van der Waals surface area contributed by atoms with Gasteiger partial charge in [-0.1, -0.05) is 24.3 Å². The Bertz CT molecular complexity index is 602. The number of rotatable bonds is 6. The molecule has 2 aromatic rings. The molecule has 0 saturated carbocycles. The molecule has 0 heterocycles. The largest absolute Gasteiger partial charge is 0.497 e. The molecule has 5 nitrogen and oxygen atoms in total. The summed E-state index contributed by atoms with van der Waals surface area (Å²) in [7, 11) is 4.86. The number of benzene rings is 2. The summed E-state index contributed by atoms with van der Waals surface area (Å²) < 4.78 is 16.1. The fourth-order valence-electron chi connectivity index (χ4n) is 2.33. The monoisotopic (exact) mass is 288 g/mol. The molecule has 0 bridgehead atoms. The Morgan fingerprint density at radius 1 is 0.952 bits per heavy atom. The zero-order valence-corrected chi connectivity index (χ0v) is 12.4. The predicted octanol–water partition coefficient (Wildman–Crippen LogP) is 2.27. The lowest BCUT2D eigenvalue weighted by Gasteiger charge is -2.21. The SMILES string of the molecule is COc1cccc(C(NN)c2cccc(OC)c2OC)c1. The maximum Gasteiger partial charge on any atom is 0.165 e. The van der Waals surface area contributed by atoms with Crippen LogP contribution in [0.4, 0.5) is 0 Å². The Labute approximate surface area is 124 Å². The quantitative estimate of drug-likeness (QED) is 0.630. The van der Waals surface area contributed by atoms with E-state index in [1.807, 2.05) is 42.5 Å². The molecule has 0 aliphatic heterocycles. The third kappa shape index (κ3) is 3.09. The van der Waals surface area contributed by atoms with Crippen LogP contribution in [-0.2, 0) is 0 Å². The molecular weight excluding hydrogens is 268 g/mol. The Kier molecular flexibility index (Phi) is 5.03. The van der Waals surface area contributed by atoms with Crippen LogP contribution in [0.1, 0.15) is 17.2 Å². The van der Waals surface area contributed by atoms with Crippen LogP contribution in [0.25, 0.3) is 0 Å². The van der Waals surface area contributed by atoms with Crippen molar-refractivity contribution >= 4 is 0 Å². The molecule has 0 aromatic heterocycles. The van der Waals surface area contributed by atoms with Crippen molar-refractivity contribution in [1.82, 2.24) is 5.43 Å². The van der Waals surface area contributed by atoms with Crippen molar-refractivity contribution in [2.24, 2.45) is 5.84 Å². The van der Waals surface area contributed by atoms with E-state index >= 15 is 0 Å². The summed E-state index contributed by atoms with van der Waals surface area (Å²) in [6.45, 7) is 0. The molecule has 0 aliphatic carbocycles. The van der Waals surface area contributed by atoms with Crippen LogP contribution in [0.2, 0.25) is 0 Å². The van der Waals surface area contributed by atoms with Crippen LogP contribution in [0, 0.1) is 0 Å². The van der Waals surface area contributed by atoms with Gasteiger partial charge in [0.25, 0.3) is 0 Å². The lowest BCUT2D eigenvalue weighted by molar-refractivity contribution is 0.349. The molecule has 0 aliphatic rings. The second kappa shape index (κ2) is 6.97. The summed E-state index contributed by atoms with van der Waals surface area (Å²) in [6.07, 6.45) is 0. The molecule has 0 saturated heterocycles. The van der Waals surface area contributed by atoms with E-state index in [0.29, 0.717) is 11.5 Å². The summed E-state index contributed by atoms with van der Waals surface area (Å²) in [5.41, 5.74) is 4.69. The van der Waals surface area contributed by atoms with Crippen molar-refractivity contribution in [3.8, 4) is 17.2 Å². The Morgan fingerprint density at radius 2 is 1.71 bits per heavy atom. The van der Waals surface area contributed by atoms with Crippen molar-refractivity contribution < 1.29 is 14.2 Å². The van der Waals surface area contributed by atoms with E-state index in [-0.39, 0.29) is 6.04 Å². The average Bonchev–Trinajstić information content (AvgIpc) is 2.55. The van der Waals surface area contributed by atoms with Crippen molar-refractivity contribution in [3.63, 3.8) is 0 Å². The number of methoxy groups -OCH3 is 3. The molecule has 3 N–H and O–H groups in total. The number of hydrogen-bond acceptors (Lipinski definition) is 5. The van der Waals surface area contributed by atoms with Gasteiger partial charge in [-0.15, -0.1) is 0 Å². The second-order valence-electron chi connectivity index (χ2n) is 4.46. The fraction of sp³-hybridized carbons (Fsp3) is 0.250. The van der Waals surface area contributed by atoms with E-state index in [1.54, 1.807) is 21.3 Å². The van der Waals surface area contributed by atoms with Gasteiger partial charge >= 0.3 is 0 Å². The second-order valence-corrected chi connectivity index (χ2v) is 4.46. The zero-order chi connectivity index (χ0) is 15.2. The number of hydrogen-bond donors (Lipinski definition) is 2. The van der Waals surface area contributed by atoms with Gasteiger partial charge in [0.05, 0.1) is 27.4 Å². The lowest BCUT2D eigenvalue weighted by Crippen LogP contribution is -2.29. The highest BCUT2D eigenvalue weighted by atomic mass is 16.5. The van der Waals surface area contributed by atoms with E-state index < -0.39 is 0 Å². The van der Waals surface area contributed by atoms with Gasteiger partial charge in [-0.25, -0.2) is 5.43 Å². The molecule has 0 spiro atoms. The first-order valence-electron chi connectivity index (χ1n) is 6.56. The van der Waals surface area contributed by atoms with E-state index in [1.165, 1.54) is 0 Å². The molecule has 112 valence electrons. The number of para-hydroxylation sites is 1. The summed E-state index contributed by atoms with van der Waals surface area (Å²) >= 11 is 0. The lowest BCUT2D eigenvalue weighted by atomic mass is 9.98. The number of ether oxygens (including phenoxy) is 3. The van der Waals surface area contributed by atoms with Gasteiger partial charge in [0.15, 0.2) is 11.5 Å². The van der Waals surface area contributed by atoms with Crippen molar-refractivity contribution in [2.75, 3.05) is 21.3 Å². The van der Waals surface area contributed by atoms with Crippen LogP contribution in [0.3, 0.4) is 0 Å². The van der Waals surface area contributed by atoms with Crippen molar-refractivity contribution in [3.05, 3.63) is 53.6 Å². The topological polar surface area (TPSA) is 65.7 Å². The average molecular weight is 288 g/mol. The molecular formula is C16H20N2O3. The van der Waals surface area contributed by atoms with E-state index in [2.05, 4.69) is 5.43 Å². The van der Waals surface area contributed by atoms with Gasteiger partial charge in [0.2, 0.25) is 0 Å². The van der Waals surface area contributed by atoms with Gasteiger partial charge < -0.3 is 14.2 Å². The smallest absolute Gasteiger partial charge is 0.165 e. The summed E-state index contributed by atoms with van der Waals surface area (Å²) in [5, 5.41) is 0. The minimum absolute atomic E-state index is 0.231. The van der Waals surface area contributed by atoms with E-state index in [0.717, 1.165) is 16.9 Å². The summed E-state index contributed by atoms with van der Waals surface area (Å²) in [6, 6.07) is 13.2. The van der Waals surface area contributed by atoms with Crippen molar-refractivity contribution in [2.45, 2.75) is 6.04 Å². The van der Waals surface area contributed by atoms with Gasteiger partial charge in [0, 0.05) is 5.56 Å². The van der Waals surface area contributed by atoms with Crippen LogP contribution >= 0.6 is 0 Å². The third-order valence-corrected chi connectivity index (χ3v) is 3.34. The molecule has 21 heavy (non-hydrogen) atoms. The molecule has 1 atom stereocenters. The summed E-state index contributed by atoms with van der Waals surface area (Å²) in [4.78, 5) is 0. The fourth-order valence-corrected chi connectivity index (χ4v) is 2.33. The normalized spacial score (nSPS) is 11.8. The molecule has 0 amide bonds. The third-order valence-electron chi connectivity index (χ3n) is 3.34. The van der Waals surface area contributed by atoms with E-state index in [9.17, 15) is 0 Å². The Morgan fingerprint density at radius 3 is 2.33 bits per heavy atom. The maximum absolute atomic E-state index is 5.76. The predicted molar refractivity (Wildman–Crippen MR) is 81.7 cm³/mol. The van der Waals surface area contributed by atoms with Gasteiger partial charge in [0.1, 0.15) is 5.75 Å². The maximum atomic E-state index is 5.76. The van der Waals surface area contributed by atoms with E-state index in [4.69, 9.17) is 20.1 Å². The first kappa shape index (κ1) is 15.2. The molecule has 1 unspecified atom stereocenters. The van der Waals surface area contributed by atoms with Crippen LogP contribution in [0.15, 0.2) is 42.5 Å². The van der Waals surface area contributed by atoms with Crippen LogP contribution in [0.5, 0.6) is 17.2 Å². The van der Waals surface area contributed by atoms with Crippen molar-refractivity contribution in [1.29, 1.82) is 0 Å². The van der Waals surface area contributed by atoms with Gasteiger partial charge in [-0.3, -0.25) is 5.84 Å². The molecule has 5 heteroatoms. The standard InChI is InChI=1S/C16H20N2O3/c1-19-12-7-4-6-11(10-12)15(18-17)13-8-5-9-14(20-2)16(13)21-3/h4-10,15,18H,17H2,1-3H3. The molecule has 0 radical (unpaired) electrons. The highest BCUT2D eigenvalue weighted by molar-refractivity contribution is 5.51. The Balaban J connectivity index is 2.50. The molecule has 2 aromatic carbocycles. The van der Waals surface area contributed by atoms with Crippen LogP contribution < -0.4 is 25.5 Å². The highest BCUT2D eigenvalue weighted by Crippen LogP contribution is 2.37. The summed E-state index contributed by atoms with van der Waals surface area (Å²) in [5.74, 6) is 7.85. The van der Waals surface area contributed by atoms with Gasteiger partial charge in [-0.2, -0.15) is 0 Å². The number of nitrogens with one attached hydrogen (secondary N) is 1. The Hall–Kier alpha value is -2.24. The zero-order valence-electron chi connectivity index (χ0n) is 12.4. The number of hydrazine groups is 1. The minimum atomic E-state index is -0.231. The van der Waals surface area contributed by atoms with Gasteiger partial charge in [-0.05, 0) is 23.8 Å². The first-order valence-corrected chi connectivity index (χ1v) is 6.56. The molecule has 2 rings (SSSR count). The first-order chi connectivity index (χ1) is 10.2. The highest BCUT2D eigenvalue weighted by Gasteiger charge is 2.20. The minimum Gasteiger partial charge on any atom is -0.497 e. The van der Waals surface area contributed by atoms with Crippen LogP contribution in [-0.4, -0.2) is 21.3 Å².